The zero-order chi connectivity index (χ0) is 13.8. The first kappa shape index (κ1) is 13.5. The van der Waals surface area contributed by atoms with Crippen LogP contribution in [0.3, 0.4) is 0 Å². The predicted octanol–water partition coefficient (Wildman–Crippen LogP) is 2.84. The van der Waals surface area contributed by atoms with Crippen LogP contribution >= 0.6 is 0 Å². The van der Waals surface area contributed by atoms with Crippen molar-refractivity contribution in [3.05, 3.63) is 41.2 Å². The third-order valence-electron chi connectivity index (χ3n) is 3.14. The summed E-state index contributed by atoms with van der Waals surface area (Å²) in [4.78, 5) is 0. The maximum atomic E-state index is 5.79. The maximum Gasteiger partial charge on any atom is 0.163 e. The Hall–Kier alpha value is -1.97. The second-order valence-electron chi connectivity index (χ2n) is 4.77. The van der Waals surface area contributed by atoms with Crippen LogP contribution < -0.4 is 10.1 Å². The first-order valence-electron chi connectivity index (χ1n) is 6.51. The van der Waals surface area contributed by atoms with Gasteiger partial charge in [-0.2, -0.15) is 5.10 Å². The summed E-state index contributed by atoms with van der Waals surface area (Å²) < 4.78 is 7.64. The first-order valence-corrected chi connectivity index (χ1v) is 6.51. The van der Waals surface area contributed by atoms with Crippen LogP contribution in [0, 0.1) is 20.8 Å². The lowest BCUT2D eigenvalue weighted by Crippen LogP contribution is -2.12. The highest BCUT2D eigenvalue weighted by atomic mass is 16.5. The Labute approximate surface area is 114 Å². The van der Waals surface area contributed by atoms with Crippen LogP contribution in [-0.4, -0.2) is 22.9 Å². The van der Waals surface area contributed by atoms with Crippen molar-refractivity contribution >= 4 is 5.69 Å². The Balaban J connectivity index is 1.84. The molecule has 0 radical (unpaired) electrons. The van der Waals surface area contributed by atoms with Crippen molar-refractivity contribution in [2.75, 3.05) is 18.5 Å². The number of aromatic nitrogens is 2. The molecule has 0 aliphatic rings. The molecule has 0 aliphatic carbocycles. The summed E-state index contributed by atoms with van der Waals surface area (Å²) in [6.45, 7) is 7.47. The third kappa shape index (κ3) is 3.28. The van der Waals surface area contributed by atoms with E-state index in [1.54, 1.807) is 0 Å². The summed E-state index contributed by atoms with van der Waals surface area (Å²) >= 11 is 0. The largest absolute Gasteiger partial charge is 0.488 e. The summed E-state index contributed by atoms with van der Waals surface area (Å²) in [5.74, 6) is 0.897. The minimum absolute atomic E-state index is 0.626. The topological polar surface area (TPSA) is 39.1 Å². The highest BCUT2D eigenvalue weighted by molar-refractivity contribution is 5.45. The van der Waals surface area contributed by atoms with E-state index >= 15 is 0 Å². The minimum Gasteiger partial charge on any atom is -0.488 e. The molecule has 1 heterocycles. The number of benzene rings is 1. The molecule has 0 spiro atoms. The van der Waals surface area contributed by atoms with E-state index in [0.717, 1.165) is 29.4 Å². The second-order valence-corrected chi connectivity index (χ2v) is 4.77. The average molecular weight is 259 g/mol. The Morgan fingerprint density at radius 1 is 1.26 bits per heavy atom. The lowest BCUT2D eigenvalue weighted by molar-refractivity contribution is 0.328. The molecule has 0 unspecified atom stereocenters. The number of nitrogens with zero attached hydrogens (tertiary/aromatic N) is 2. The van der Waals surface area contributed by atoms with Gasteiger partial charge >= 0.3 is 0 Å². The van der Waals surface area contributed by atoms with Gasteiger partial charge in [0.1, 0.15) is 12.3 Å². The molecule has 2 aromatic rings. The van der Waals surface area contributed by atoms with Crippen molar-refractivity contribution in [2.24, 2.45) is 7.05 Å². The number of ether oxygens (including phenoxy) is 1. The summed E-state index contributed by atoms with van der Waals surface area (Å²) in [5.41, 5.74) is 4.39. The van der Waals surface area contributed by atoms with E-state index in [4.69, 9.17) is 4.74 Å². The van der Waals surface area contributed by atoms with E-state index in [-0.39, 0.29) is 0 Å². The average Bonchev–Trinajstić information content (AvgIpc) is 2.60. The molecule has 0 fully saturated rings. The van der Waals surface area contributed by atoms with E-state index in [0.29, 0.717) is 6.61 Å². The van der Waals surface area contributed by atoms with Gasteiger partial charge in [-0.15, -0.1) is 0 Å². The molecule has 102 valence electrons. The number of anilines is 1. The smallest absolute Gasteiger partial charge is 0.163 e. The lowest BCUT2D eigenvalue weighted by atomic mass is 10.2. The molecule has 1 N–H and O–H groups in total. The van der Waals surface area contributed by atoms with E-state index in [1.165, 1.54) is 5.56 Å². The zero-order valence-electron chi connectivity index (χ0n) is 12.0. The van der Waals surface area contributed by atoms with Crippen LogP contribution in [0.5, 0.6) is 5.75 Å². The Morgan fingerprint density at radius 3 is 2.68 bits per heavy atom. The van der Waals surface area contributed by atoms with Gasteiger partial charge in [0.05, 0.1) is 5.69 Å². The van der Waals surface area contributed by atoms with E-state index < -0.39 is 0 Å². The highest BCUT2D eigenvalue weighted by Crippen LogP contribution is 2.21. The van der Waals surface area contributed by atoms with Crippen LogP contribution in [0.4, 0.5) is 5.69 Å². The van der Waals surface area contributed by atoms with Crippen LogP contribution in [0.2, 0.25) is 0 Å². The number of hydrogen-bond donors (Lipinski definition) is 1. The molecule has 0 amide bonds. The molecule has 4 heteroatoms. The van der Waals surface area contributed by atoms with Gasteiger partial charge in [-0.25, -0.2) is 0 Å². The molecule has 1 aromatic heterocycles. The van der Waals surface area contributed by atoms with E-state index in [9.17, 15) is 0 Å². The monoisotopic (exact) mass is 259 g/mol. The fourth-order valence-electron chi connectivity index (χ4n) is 2.07. The van der Waals surface area contributed by atoms with Crippen LogP contribution in [-0.2, 0) is 7.05 Å². The Bertz CT molecular complexity index is 561. The molecular weight excluding hydrogens is 238 g/mol. The Morgan fingerprint density at radius 2 is 2.05 bits per heavy atom. The summed E-state index contributed by atoms with van der Waals surface area (Å²) in [7, 11) is 1.93. The maximum absolute atomic E-state index is 5.79. The number of nitrogens with one attached hydrogen (secondary N) is 1. The molecule has 2 rings (SSSR count). The molecule has 0 atom stereocenters. The van der Waals surface area contributed by atoms with Crippen molar-refractivity contribution in [2.45, 2.75) is 20.8 Å². The predicted molar refractivity (Wildman–Crippen MR) is 77.8 cm³/mol. The Kier molecular flexibility index (Phi) is 4.10. The number of hydrogen-bond acceptors (Lipinski definition) is 3. The van der Waals surface area contributed by atoms with Gasteiger partial charge in [-0.05, 0) is 38.5 Å². The van der Waals surface area contributed by atoms with Gasteiger partial charge in [-0.3, -0.25) is 4.68 Å². The van der Waals surface area contributed by atoms with Crippen LogP contribution in [0.25, 0.3) is 0 Å². The van der Waals surface area contributed by atoms with Gasteiger partial charge in [0.25, 0.3) is 0 Å². The fraction of sp³-hybridized carbons (Fsp3) is 0.400. The van der Waals surface area contributed by atoms with Crippen molar-refractivity contribution in [1.82, 2.24) is 9.78 Å². The van der Waals surface area contributed by atoms with Gasteiger partial charge in [0, 0.05) is 19.3 Å². The minimum atomic E-state index is 0.626. The lowest BCUT2D eigenvalue weighted by Gasteiger charge is -2.09. The molecule has 0 bridgehead atoms. The van der Waals surface area contributed by atoms with Crippen molar-refractivity contribution in [1.29, 1.82) is 0 Å². The number of aryl methyl sites for hydroxylation is 3. The molecule has 4 nitrogen and oxygen atoms in total. The molecule has 19 heavy (non-hydrogen) atoms. The zero-order valence-corrected chi connectivity index (χ0v) is 12.0. The fourth-order valence-corrected chi connectivity index (χ4v) is 2.07. The standard InChI is InChI=1S/C15H21N3O/c1-11-6-5-7-14(10-11)16-8-9-19-15-12(2)17-18(4)13(15)3/h5-7,10,16H,8-9H2,1-4H3. The number of rotatable bonds is 5. The van der Waals surface area contributed by atoms with Gasteiger partial charge < -0.3 is 10.1 Å². The molecule has 0 saturated carbocycles. The normalized spacial score (nSPS) is 10.5. The summed E-state index contributed by atoms with van der Waals surface area (Å²) in [6.07, 6.45) is 0. The highest BCUT2D eigenvalue weighted by Gasteiger charge is 2.09. The molecular formula is C15H21N3O. The van der Waals surface area contributed by atoms with E-state index in [2.05, 4.69) is 35.5 Å². The van der Waals surface area contributed by atoms with Crippen LogP contribution in [0.15, 0.2) is 24.3 Å². The quantitative estimate of drug-likeness (QED) is 0.839. The summed E-state index contributed by atoms with van der Waals surface area (Å²) in [6, 6.07) is 8.33. The van der Waals surface area contributed by atoms with Gasteiger partial charge in [0.2, 0.25) is 0 Å². The van der Waals surface area contributed by atoms with Crippen molar-refractivity contribution in [3.63, 3.8) is 0 Å². The van der Waals surface area contributed by atoms with Crippen molar-refractivity contribution < 1.29 is 4.74 Å². The summed E-state index contributed by atoms with van der Waals surface area (Å²) in [5, 5.41) is 7.68. The van der Waals surface area contributed by atoms with Gasteiger partial charge in [-0.1, -0.05) is 12.1 Å². The van der Waals surface area contributed by atoms with Gasteiger partial charge in [0.15, 0.2) is 5.75 Å². The van der Waals surface area contributed by atoms with E-state index in [1.807, 2.05) is 31.6 Å². The van der Waals surface area contributed by atoms with Crippen LogP contribution in [0.1, 0.15) is 17.0 Å². The molecule has 1 aromatic carbocycles. The molecule has 0 saturated heterocycles. The second kappa shape index (κ2) is 5.78. The third-order valence-corrected chi connectivity index (χ3v) is 3.14. The molecule has 0 aliphatic heterocycles. The SMILES string of the molecule is Cc1cccc(NCCOc2c(C)nn(C)c2C)c1. The first-order chi connectivity index (χ1) is 9.08. The van der Waals surface area contributed by atoms with Crippen molar-refractivity contribution in [3.8, 4) is 5.75 Å².